The quantitative estimate of drug-likeness (QED) is 0.831. The molecule has 0 aliphatic carbocycles. The molecule has 0 spiro atoms. The third kappa shape index (κ3) is 4.70. The molecule has 0 aromatic heterocycles. The minimum atomic E-state index is -4.23. The van der Waals surface area contributed by atoms with Gasteiger partial charge in [0.25, 0.3) is 0 Å². The summed E-state index contributed by atoms with van der Waals surface area (Å²) in [5.41, 5.74) is 6.24. The average Bonchev–Trinajstić information content (AvgIpc) is 2.18. The topological polar surface area (TPSA) is 29.3 Å². The van der Waals surface area contributed by atoms with Crippen molar-refractivity contribution >= 4 is 0 Å². The minimum Gasteiger partial charge on any atom is -0.326 e. The summed E-state index contributed by atoms with van der Waals surface area (Å²) in [6.45, 7) is -0.863. The van der Waals surface area contributed by atoms with Gasteiger partial charge in [-0.05, 0) is 18.7 Å². The Labute approximate surface area is 97.0 Å². The molecule has 0 bridgehead atoms. The van der Waals surface area contributed by atoms with Crippen LogP contribution in [0.15, 0.2) is 18.2 Å². The van der Waals surface area contributed by atoms with Crippen molar-refractivity contribution in [3.8, 4) is 0 Å². The summed E-state index contributed by atoms with van der Waals surface area (Å²) in [4.78, 5) is 1.12. The summed E-state index contributed by atoms with van der Waals surface area (Å²) in [6.07, 6.45) is -4.23. The van der Waals surface area contributed by atoms with Crippen LogP contribution in [0.25, 0.3) is 0 Å². The molecular formula is C11H14F4N2. The van der Waals surface area contributed by atoms with E-state index in [1.807, 2.05) is 0 Å². The number of alkyl halides is 3. The second kappa shape index (κ2) is 5.46. The van der Waals surface area contributed by atoms with Crippen molar-refractivity contribution in [1.29, 1.82) is 0 Å². The first-order valence-electron chi connectivity index (χ1n) is 5.04. The van der Waals surface area contributed by atoms with Gasteiger partial charge in [0.05, 0.1) is 6.54 Å². The molecule has 2 nitrogen and oxygen atoms in total. The molecule has 0 aliphatic rings. The first-order valence-corrected chi connectivity index (χ1v) is 5.04. The zero-order chi connectivity index (χ0) is 13.1. The van der Waals surface area contributed by atoms with E-state index in [1.165, 1.54) is 25.2 Å². The number of rotatable bonds is 4. The van der Waals surface area contributed by atoms with Gasteiger partial charge in [0.15, 0.2) is 0 Å². The lowest BCUT2D eigenvalue weighted by Gasteiger charge is -2.18. The van der Waals surface area contributed by atoms with Crippen molar-refractivity contribution in [2.45, 2.75) is 19.3 Å². The number of nitrogens with two attached hydrogens (primary N) is 1. The molecule has 1 rings (SSSR count). The van der Waals surface area contributed by atoms with Crippen LogP contribution < -0.4 is 5.73 Å². The molecule has 0 radical (unpaired) electrons. The molecule has 0 saturated heterocycles. The van der Waals surface area contributed by atoms with Gasteiger partial charge in [-0.25, -0.2) is 4.39 Å². The Morgan fingerprint density at radius 3 is 2.47 bits per heavy atom. The summed E-state index contributed by atoms with van der Waals surface area (Å²) in [5.74, 6) is -0.435. The highest BCUT2D eigenvalue weighted by atomic mass is 19.4. The highest BCUT2D eigenvalue weighted by Crippen LogP contribution is 2.17. The Bertz CT molecular complexity index is 376. The second-order valence-electron chi connectivity index (χ2n) is 3.92. The molecule has 2 N–H and O–H groups in total. The first kappa shape index (κ1) is 13.9. The van der Waals surface area contributed by atoms with Crippen LogP contribution in [0.1, 0.15) is 11.1 Å². The summed E-state index contributed by atoms with van der Waals surface area (Å²) < 4.78 is 49.4. The Hall–Kier alpha value is -1.14. The third-order valence-corrected chi connectivity index (χ3v) is 2.23. The Morgan fingerprint density at radius 2 is 1.94 bits per heavy atom. The van der Waals surface area contributed by atoms with E-state index in [0.29, 0.717) is 11.1 Å². The molecule has 0 atom stereocenters. The van der Waals surface area contributed by atoms with Crippen molar-refractivity contribution in [1.82, 2.24) is 4.90 Å². The highest BCUT2D eigenvalue weighted by Gasteiger charge is 2.29. The van der Waals surface area contributed by atoms with Gasteiger partial charge in [0, 0.05) is 18.7 Å². The minimum absolute atomic E-state index is 0.0304. The summed E-state index contributed by atoms with van der Waals surface area (Å²) in [6, 6.07) is 4.17. The van der Waals surface area contributed by atoms with E-state index in [9.17, 15) is 17.6 Å². The smallest absolute Gasteiger partial charge is 0.326 e. The van der Waals surface area contributed by atoms with Crippen molar-refractivity contribution in [3.63, 3.8) is 0 Å². The van der Waals surface area contributed by atoms with Crippen molar-refractivity contribution < 1.29 is 17.6 Å². The van der Waals surface area contributed by atoms with Gasteiger partial charge in [0.1, 0.15) is 5.82 Å². The lowest BCUT2D eigenvalue weighted by Crippen LogP contribution is -2.30. The van der Waals surface area contributed by atoms with Crippen molar-refractivity contribution in [2.24, 2.45) is 5.73 Å². The monoisotopic (exact) mass is 250 g/mol. The zero-order valence-corrected chi connectivity index (χ0v) is 9.39. The van der Waals surface area contributed by atoms with E-state index < -0.39 is 18.5 Å². The normalized spacial score (nSPS) is 12.2. The number of nitrogens with zero attached hydrogens (tertiary/aromatic N) is 1. The maximum Gasteiger partial charge on any atom is 0.401 e. The van der Waals surface area contributed by atoms with E-state index in [0.717, 1.165) is 4.90 Å². The summed E-state index contributed by atoms with van der Waals surface area (Å²) in [7, 11) is 1.36. The van der Waals surface area contributed by atoms with Gasteiger partial charge in [-0.3, -0.25) is 4.90 Å². The molecule has 0 unspecified atom stereocenters. The Balaban J connectivity index is 2.68. The first-order chi connectivity index (χ1) is 7.81. The van der Waals surface area contributed by atoms with Crippen LogP contribution in [0.4, 0.5) is 17.6 Å². The molecule has 0 amide bonds. The fourth-order valence-corrected chi connectivity index (χ4v) is 1.56. The largest absolute Gasteiger partial charge is 0.401 e. The van der Waals surface area contributed by atoms with Crippen LogP contribution in [0.3, 0.4) is 0 Å². The van der Waals surface area contributed by atoms with Crippen LogP contribution in [0.5, 0.6) is 0 Å². The molecule has 0 fully saturated rings. The van der Waals surface area contributed by atoms with Gasteiger partial charge in [-0.2, -0.15) is 13.2 Å². The zero-order valence-electron chi connectivity index (χ0n) is 9.39. The predicted octanol–water partition coefficient (Wildman–Crippen LogP) is 2.28. The van der Waals surface area contributed by atoms with E-state index in [-0.39, 0.29) is 13.1 Å². The van der Waals surface area contributed by atoms with Crippen LogP contribution in [-0.4, -0.2) is 24.7 Å². The number of benzene rings is 1. The van der Waals surface area contributed by atoms with E-state index in [1.54, 1.807) is 0 Å². The second-order valence-corrected chi connectivity index (χ2v) is 3.92. The molecule has 6 heteroatoms. The molecule has 17 heavy (non-hydrogen) atoms. The summed E-state index contributed by atoms with van der Waals surface area (Å²) in [5, 5.41) is 0. The Morgan fingerprint density at radius 1 is 1.29 bits per heavy atom. The van der Waals surface area contributed by atoms with Crippen LogP contribution >= 0.6 is 0 Å². The molecular weight excluding hydrogens is 236 g/mol. The van der Waals surface area contributed by atoms with Crippen molar-refractivity contribution in [2.75, 3.05) is 13.6 Å². The standard InChI is InChI=1S/C11H14F4N2/c1-17(7-11(13,14)15)6-8-2-3-10(12)9(4-8)5-16/h2-4H,5-7,16H2,1H3. The van der Waals surface area contributed by atoms with E-state index in [2.05, 4.69) is 0 Å². The fourth-order valence-electron chi connectivity index (χ4n) is 1.56. The van der Waals surface area contributed by atoms with Gasteiger partial charge < -0.3 is 5.73 Å². The number of halogens is 4. The van der Waals surface area contributed by atoms with E-state index >= 15 is 0 Å². The average molecular weight is 250 g/mol. The number of hydrogen-bond acceptors (Lipinski definition) is 2. The molecule has 0 aliphatic heterocycles. The lowest BCUT2D eigenvalue weighted by molar-refractivity contribution is -0.144. The third-order valence-electron chi connectivity index (χ3n) is 2.23. The summed E-state index contributed by atoms with van der Waals surface area (Å²) >= 11 is 0. The van der Waals surface area contributed by atoms with Gasteiger partial charge in [-0.15, -0.1) is 0 Å². The molecule has 1 aromatic carbocycles. The lowest BCUT2D eigenvalue weighted by atomic mass is 10.1. The molecule has 0 saturated carbocycles. The Kier molecular flexibility index (Phi) is 4.47. The number of hydrogen-bond donors (Lipinski definition) is 1. The molecule has 0 heterocycles. The van der Waals surface area contributed by atoms with Gasteiger partial charge in [-0.1, -0.05) is 12.1 Å². The van der Waals surface area contributed by atoms with Gasteiger partial charge in [0.2, 0.25) is 0 Å². The maximum absolute atomic E-state index is 13.1. The molecule has 1 aromatic rings. The highest BCUT2D eigenvalue weighted by molar-refractivity contribution is 5.24. The van der Waals surface area contributed by atoms with E-state index in [4.69, 9.17) is 5.73 Å². The fraction of sp³-hybridized carbons (Fsp3) is 0.455. The van der Waals surface area contributed by atoms with Gasteiger partial charge >= 0.3 is 6.18 Å². The van der Waals surface area contributed by atoms with Crippen LogP contribution in [0.2, 0.25) is 0 Å². The van der Waals surface area contributed by atoms with Crippen LogP contribution in [-0.2, 0) is 13.1 Å². The SMILES string of the molecule is CN(Cc1ccc(F)c(CN)c1)CC(F)(F)F. The van der Waals surface area contributed by atoms with Crippen molar-refractivity contribution in [3.05, 3.63) is 35.1 Å². The molecule has 96 valence electrons. The maximum atomic E-state index is 13.1. The van der Waals surface area contributed by atoms with Crippen LogP contribution in [0, 0.1) is 5.82 Å². The predicted molar refractivity (Wildman–Crippen MR) is 56.7 cm³/mol.